The second kappa shape index (κ2) is 8.89. The van der Waals surface area contributed by atoms with Gasteiger partial charge in [0.05, 0.1) is 12.1 Å². The molecule has 154 valence electrons. The molecule has 29 heavy (non-hydrogen) atoms. The third kappa shape index (κ3) is 5.01. The molecule has 1 fully saturated rings. The number of carbonyl (C=O) groups excluding carboxylic acids is 2. The van der Waals surface area contributed by atoms with E-state index in [-0.39, 0.29) is 18.0 Å². The highest BCUT2D eigenvalue weighted by Crippen LogP contribution is 2.19. The Morgan fingerprint density at radius 2 is 1.86 bits per heavy atom. The lowest BCUT2D eigenvalue weighted by Crippen LogP contribution is -2.46. The summed E-state index contributed by atoms with van der Waals surface area (Å²) >= 11 is 0. The summed E-state index contributed by atoms with van der Waals surface area (Å²) in [6.45, 7) is 3.39. The molecule has 0 spiro atoms. The van der Waals surface area contributed by atoms with Crippen molar-refractivity contribution in [2.45, 2.75) is 32.2 Å². The average molecular weight is 398 g/mol. The van der Waals surface area contributed by atoms with Crippen LogP contribution in [0.3, 0.4) is 0 Å². The van der Waals surface area contributed by atoms with E-state index in [0.29, 0.717) is 24.7 Å². The third-order valence-electron chi connectivity index (χ3n) is 5.30. The van der Waals surface area contributed by atoms with Crippen LogP contribution in [0.15, 0.2) is 36.4 Å². The van der Waals surface area contributed by atoms with Gasteiger partial charge in [-0.05, 0) is 24.8 Å². The van der Waals surface area contributed by atoms with Crippen molar-refractivity contribution in [1.82, 2.24) is 20.0 Å². The van der Waals surface area contributed by atoms with E-state index in [4.69, 9.17) is 0 Å². The number of carboxylic acid groups (broad SMARTS) is 1. The van der Waals surface area contributed by atoms with Gasteiger partial charge in [-0.3, -0.25) is 14.3 Å². The number of hydrogen-bond donors (Lipinski definition) is 2. The van der Waals surface area contributed by atoms with Crippen LogP contribution in [0.2, 0.25) is 0 Å². The highest BCUT2D eigenvalue weighted by Gasteiger charge is 2.29. The minimum Gasteiger partial charge on any atom is -0.480 e. The van der Waals surface area contributed by atoms with Gasteiger partial charge in [0.1, 0.15) is 11.7 Å². The molecule has 0 saturated carbocycles. The van der Waals surface area contributed by atoms with Crippen molar-refractivity contribution in [3.05, 3.63) is 42.1 Å². The second-order valence-corrected chi connectivity index (χ2v) is 7.54. The maximum atomic E-state index is 12.7. The molecule has 2 aromatic rings. The van der Waals surface area contributed by atoms with Gasteiger partial charge in [-0.25, -0.2) is 4.79 Å². The zero-order valence-corrected chi connectivity index (χ0v) is 16.7. The summed E-state index contributed by atoms with van der Waals surface area (Å²) in [5, 5.41) is 16.3. The molecular weight excluding hydrogens is 372 g/mol. The number of nitrogens with one attached hydrogen (secondary N) is 1. The number of carboxylic acids is 1. The maximum absolute atomic E-state index is 12.7. The van der Waals surface area contributed by atoms with Gasteiger partial charge in [0.25, 0.3) is 5.91 Å². The number of amides is 2. The molecule has 1 aromatic carbocycles. The molecule has 1 aliphatic rings. The van der Waals surface area contributed by atoms with Crippen LogP contribution in [0.1, 0.15) is 36.7 Å². The number of aryl methyl sites for hydroxylation is 1. The lowest BCUT2D eigenvalue weighted by Gasteiger charge is -2.31. The Bertz CT molecular complexity index is 885. The van der Waals surface area contributed by atoms with Crippen LogP contribution in [0.25, 0.3) is 11.3 Å². The van der Waals surface area contributed by atoms with Gasteiger partial charge in [0.15, 0.2) is 0 Å². The Labute approximate surface area is 169 Å². The molecule has 1 atom stereocenters. The highest BCUT2D eigenvalue weighted by molar-refractivity contribution is 5.97. The van der Waals surface area contributed by atoms with E-state index in [9.17, 15) is 19.5 Å². The van der Waals surface area contributed by atoms with Crippen LogP contribution in [-0.4, -0.2) is 56.7 Å². The van der Waals surface area contributed by atoms with E-state index in [1.54, 1.807) is 18.0 Å². The first kappa shape index (κ1) is 20.6. The minimum absolute atomic E-state index is 0.231. The molecule has 0 radical (unpaired) electrons. The van der Waals surface area contributed by atoms with Crippen molar-refractivity contribution < 1.29 is 19.5 Å². The standard InChI is InChI=1S/C21H26N4O4/c1-14-8-10-25(11-9-14)19(26)13-17(21(28)29)22-20(27)18-12-16(23-24(18)2)15-6-4-3-5-7-15/h3-7,12,14,17H,8-11,13H2,1-2H3,(H,22,27)(H,28,29)/t17-/m1/s1. The zero-order chi connectivity index (χ0) is 21.0. The van der Waals surface area contributed by atoms with Gasteiger partial charge in [-0.15, -0.1) is 0 Å². The van der Waals surface area contributed by atoms with Crippen molar-refractivity contribution >= 4 is 17.8 Å². The first-order valence-corrected chi connectivity index (χ1v) is 9.76. The Hall–Kier alpha value is -3.16. The van der Waals surface area contributed by atoms with Crippen LogP contribution in [0.5, 0.6) is 0 Å². The van der Waals surface area contributed by atoms with Crippen molar-refractivity contribution in [3.63, 3.8) is 0 Å². The fourth-order valence-electron chi connectivity index (χ4n) is 3.42. The van der Waals surface area contributed by atoms with Gasteiger partial charge < -0.3 is 15.3 Å². The monoisotopic (exact) mass is 398 g/mol. The predicted molar refractivity (Wildman–Crippen MR) is 107 cm³/mol. The Balaban J connectivity index is 1.68. The zero-order valence-electron chi connectivity index (χ0n) is 16.7. The lowest BCUT2D eigenvalue weighted by molar-refractivity contribution is -0.143. The van der Waals surface area contributed by atoms with Crippen LogP contribution in [0.4, 0.5) is 0 Å². The topological polar surface area (TPSA) is 105 Å². The van der Waals surface area contributed by atoms with E-state index in [1.807, 2.05) is 30.3 Å². The lowest BCUT2D eigenvalue weighted by atomic mass is 9.98. The number of piperidine rings is 1. The molecule has 2 heterocycles. The highest BCUT2D eigenvalue weighted by atomic mass is 16.4. The molecule has 1 saturated heterocycles. The van der Waals surface area contributed by atoms with Gasteiger partial charge in [0.2, 0.25) is 5.91 Å². The first-order chi connectivity index (χ1) is 13.8. The number of aliphatic carboxylic acids is 1. The van der Waals surface area contributed by atoms with E-state index >= 15 is 0 Å². The Morgan fingerprint density at radius 3 is 2.48 bits per heavy atom. The van der Waals surface area contributed by atoms with Gasteiger partial charge in [-0.1, -0.05) is 37.3 Å². The largest absolute Gasteiger partial charge is 0.480 e. The molecule has 1 aliphatic heterocycles. The van der Waals surface area contributed by atoms with Crippen LogP contribution < -0.4 is 5.32 Å². The fourth-order valence-corrected chi connectivity index (χ4v) is 3.42. The van der Waals surface area contributed by atoms with Gasteiger partial charge in [-0.2, -0.15) is 5.10 Å². The van der Waals surface area contributed by atoms with E-state index in [2.05, 4.69) is 17.3 Å². The van der Waals surface area contributed by atoms with Crippen molar-refractivity contribution in [2.24, 2.45) is 13.0 Å². The molecule has 2 N–H and O–H groups in total. The molecule has 0 unspecified atom stereocenters. The number of nitrogens with zero attached hydrogens (tertiary/aromatic N) is 3. The number of likely N-dealkylation sites (tertiary alicyclic amines) is 1. The van der Waals surface area contributed by atoms with Gasteiger partial charge >= 0.3 is 5.97 Å². The summed E-state index contributed by atoms with van der Waals surface area (Å²) in [4.78, 5) is 38.5. The molecule has 0 bridgehead atoms. The number of carbonyl (C=O) groups is 3. The predicted octanol–water partition coefficient (Wildman–Crippen LogP) is 1.92. The molecule has 3 rings (SSSR count). The van der Waals surface area contributed by atoms with Crippen LogP contribution in [0, 0.1) is 5.92 Å². The van der Waals surface area contributed by atoms with Crippen molar-refractivity contribution in [1.29, 1.82) is 0 Å². The van der Waals surface area contributed by atoms with E-state index in [1.165, 1.54) is 4.68 Å². The average Bonchev–Trinajstić information content (AvgIpc) is 3.10. The Kier molecular flexibility index (Phi) is 6.31. The van der Waals surface area contributed by atoms with Crippen molar-refractivity contribution in [3.8, 4) is 11.3 Å². The summed E-state index contributed by atoms with van der Waals surface area (Å²) in [5.41, 5.74) is 1.70. The van der Waals surface area contributed by atoms with E-state index < -0.39 is 17.9 Å². The SMILES string of the molecule is CC1CCN(C(=O)C[C@@H](NC(=O)c2cc(-c3ccccc3)nn2C)C(=O)O)CC1. The number of benzene rings is 1. The Morgan fingerprint density at radius 1 is 1.21 bits per heavy atom. The van der Waals surface area contributed by atoms with Crippen LogP contribution in [-0.2, 0) is 16.6 Å². The second-order valence-electron chi connectivity index (χ2n) is 7.54. The summed E-state index contributed by atoms with van der Waals surface area (Å²) in [6.07, 6.45) is 1.55. The molecule has 8 nitrogen and oxygen atoms in total. The molecule has 8 heteroatoms. The normalized spacial score (nSPS) is 15.7. The maximum Gasteiger partial charge on any atom is 0.326 e. The number of hydrogen-bond acceptors (Lipinski definition) is 4. The first-order valence-electron chi connectivity index (χ1n) is 9.76. The number of aromatic nitrogens is 2. The summed E-state index contributed by atoms with van der Waals surface area (Å²) in [7, 11) is 1.62. The molecule has 2 amide bonds. The number of rotatable bonds is 6. The molecule has 0 aliphatic carbocycles. The summed E-state index contributed by atoms with van der Waals surface area (Å²) in [6, 6.07) is 9.71. The third-order valence-corrected chi connectivity index (χ3v) is 5.30. The van der Waals surface area contributed by atoms with Crippen molar-refractivity contribution in [2.75, 3.05) is 13.1 Å². The molecular formula is C21H26N4O4. The van der Waals surface area contributed by atoms with Crippen LogP contribution >= 0.6 is 0 Å². The van der Waals surface area contributed by atoms with E-state index in [0.717, 1.165) is 18.4 Å². The van der Waals surface area contributed by atoms with Gasteiger partial charge in [0, 0.05) is 25.7 Å². The smallest absolute Gasteiger partial charge is 0.326 e. The fraction of sp³-hybridized carbons (Fsp3) is 0.429. The quantitative estimate of drug-likeness (QED) is 0.774. The minimum atomic E-state index is -1.29. The summed E-state index contributed by atoms with van der Waals surface area (Å²) < 4.78 is 1.41. The molecule has 1 aromatic heterocycles. The summed E-state index contributed by atoms with van der Waals surface area (Å²) in [5.74, 6) is -1.49.